The van der Waals surface area contributed by atoms with Gasteiger partial charge in [0.2, 0.25) is 6.17 Å². The Morgan fingerprint density at radius 2 is 1.90 bits per heavy atom. The second-order valence-electron chi connectivity index (χ2n) is 5.49. The van der Waals surface area contributed by atoms with Crippen LogP contribution in [0, 0.1) is 0 Å². The second-order valence-corrected chi connectivity index (χ2v) is 5.49. The number of hydrogen-bond donors (Lipinski definition) is 3. The molecule has 2 atom stereocenters. The normalized spacial score (nSPS) is 31.4. The van der Waals surface area contributed by atoms with Crippen molar-refractivity contribution in [3.63, 3.8) is 0 Å². The number of hydroxylamine groups is 2. The Morgan fingerprint density at radius 3 is 2.55 bits per heavy atom. The summed E-state index contributed by atoms with van der Waals surface area (Å²) in [6, 6.07) is 9.53. The first-order valence-corrected chi connectivity index (χ1v) is 7.01. The van der Waals surface area contributed by atoms with E-state index in [9.17, 15) is 10.3 Å². The molecule has 0 bridgehead atoms. The molecule has 1 aromatic rings. The third kappa shape index (κ3) is 2.13. The zero-order valence-electron chi connectivity index (χ0n) is 11.6. The first-order valence-electron chi connectivity index (χ1n) is 7.01. The lowest BCUT2D eigenvalue weighted by Crippen LogP contribution is -3.20. The molecule has 20 heavy (non-hydrogen) atoms. The summed E-state index contributed by atoms with van der Waals surface area (Å²) < 4.78 is 5.38. The van der Waals surface area contributed by atoms with Gasteiger partial charge in [-0.05, 0) is 18.6 Å². The van der Waals surface area contributed by atoms with Crippen LogP contribution in [0.2, 0.25) is 0 Å². The summed E-state index contributed by atoms with van der Waals surface area (Å²) in [4.78, 5) is 1.14. The molecule has 108 valence electrons. The van der Waals surface area contributed by atoms with E-state index in [1.165, 1.54) is 5.06 Å². The van der Waals surface area contributed by atoms with Gasteiger partial charge in [0.15, 0.2) is 5.60 Å². The topological polar surface area (TPSA) is 57.4 Å². The van der Waals surface area contributed by atoms with E-state index in [1.807, 2.05) is 37.3 Å². The van der Waals surface area contributed by atoms with Crippen LogP contribution in [-0.4, -0.2) is 47.8 Å². The summed E-state index contributed by atoms with van der Waals surface area (Å²) in [5.74, 6) is 0. The van der Waals surface area contributed by atoms with Gasteiger partial charge in [0.1, 0.15) is 13.1 Å². The van der Waals surface area contributed by atoms with Gasteiger partial charge in [0.05, 0.1) is 13.2 Å². The number of aliphatic hydroxyl groups is 1. The van der Waals surface area contributed by atoms with Crippen molar-refractivity contribution in [3.05, 3.63) is 47.7 Å². The average Bonchev–Trinajstić information content (AvgIpc) is 2.72. The fourth-order valence-electron chi connectivity index (χ4n) is 3.19. The van der Waals surface area contributed by atoms with Crippen LogP contribution >= 0.6 is 0 Å². The maximum Gasteiger partial charge on any atom is 0.223 e. The van der Waals surface area contributed by atoms with E-state index in [2.05, 4.69) is 0 Å². The Hall–Kier alpha value is -1.40. The van der Waals surface area contributed by atoms with Gasteiger partial charge in [-0.3, -0.25) is 5.21 Å². The fraction of sp³-hybridized carbons (Fsp3) is 0.467. The Morgan fingerprint density at radius 1 is 1.25 bits per heavy atom. The lowest BCUT2D eigenvalue weighted by atomic mass is 9.91. The molecule has 0 radical (unpaired) electrons. The zero-order chi connectivity index (χ0) is 14.2. The number of allylic oxidation sites excluding steroid dienone is 1. The number of quaternary nitrogens is 1. The van der Waals surface area contributed by atoms with Crippen molar-refractivity contribution in [2.75, 3.05) is 26.3 Å². The van der Waals surface area contributed by atoms with Crippen LogP contribution in [0.5, 0.6) is 0 Å². The van der Waals surface area contributed by atoms with E-state index in [0.29, 0.717) is 18.9 Å². The maximum absolute atomic E-state index is 11.2. The molecule has 0 unspecified atom stereocenters. The van der Waals surface area contributed by atoms with Crippen LogP contribution in [0.1, 0.15) is 12.5 Å². The van der Waals surface area contributed by atoms with Crippen LogP contribution in [0.25, 0.3) is 0 Å². The average molecular weight is 277 g/mol. The largest absolute Gasteiger partial charge is 0.373 e. The highest BCUT2D eigenvalue weighted by molar-refractivity contribution is 5.33. The van der Waals surface area contributed by atoms with E-state index in [4.69, 9.17) is 4.74 Å². The molecule has 1 saturated heterocycles. The predicted molar refractivity (Wildman–Crippen MR) is 73.0 cm³/mol. The van der Waals surface area contributed by atoms with E-state index in [1.54, 1.807) is 6.08 Å². The first-order chi connectivity index (χ1) is 9.63. The molecule has 0 spiro atoms. The van der Waals surface area contributed by atoms with Crippen molar-refractivity contribution in [2.24, 2.45) is 0 Å². The van der Waals surface area contributed by atoms with Crippen molar-refractivity contribution in [1.29, 1.82) is 0 Å². The molecule has 0 aromatic heterocycles. The molecular weight excluding hydrogens is 256 g/mol. The molecule has 2 heterocycles. The van der Waals surface area contributed by atoms with Crippen molar-refractivity contribution in [1.82, 2.24) is 5.06 Å². The van der Waals surface area contributed by atoms with Gasteiger partial charge in [-0.2, -0.15) is 0 Å². The van der Waals surface area contributed by atoms with Crippen LogP contribution < -0.4 is 4.90 Å². The second kappa shape index (κ2) is 5.18. The molecule has 1 aromatic carbocycles. The zero-order valence-corrected chi connectivity index (χ0v) is 11.6. The standard InChI is InChI=1S/C15H20N2O3/c1-12-11-15(18,13-5-3-2-4-6-13)14(17(12)19)16-7-9-20-10-8-16/h2-6,11,14,18-19H,7-10H2,1H3/p+1/t14-,15+/m0/s1. The molecule has 3 N–H and O–H groups in total. The Bertz CT molecular complexity index is 499. The SMILES string of the molecule is CC1=C[C@@](O)(c2ccccc2)[C@@H]([NH+]2CCOCC2)N1O. The fourth-order valence-corrected chi connectivity index (χ4v) is 3.19. The number of nitrogens with one attached hydrogen (secondary N) is 1. The molecule has 0 amide bonds. The molecule has 3 rings (SSSR count). The predicted octanol–water partition coefficient (Wildman–Crippen LogP) is -0.276. The number of nitrogens with zero attached hydrogens (tertiary/aromatic N) is 1. The minimum atomic E-state index is -1.17. The highest BCUT2D eigenvalue weighted by Crippen LogP contribution is 2.35. The van der Waals surface area contributed by atoms with Gasteiger partial charge in [0.25, 0.3) is 0 Å². The van der Waals surface area contributed by atoms with Crippen LogP contribution in [0.3, 0.4) is 0 Å². The smallest absolute Gasteiger partial charge is 0.223 e. The van der Waals surface area contributed by atoms with E-state index >= 15 is 0 Å². The Labute approximate surface area is 118 Å². The third-order valence-corrected chi connectivity index (χ3v) is 4.21. The van der Waals surface area contributed by atoms with Crippen LogP contribution in [0.4, 0.5) is 0 Å². The number of morpholine rings is 1. The van der Waals surface area contributed by atoms with Crippen molar-refractivity contribution >= 4 is 0 Å². The molecule has 5 heteroatoms. The Balaban J connectivity index is 1.98. The third-order valence-electron chi connectivity index (χ3n) is 4.21. The quantitative estimate of drug-likeness (QED) is 0.696. The number of hydrogen-bond acceptors (Lipinski definition) is 4. The summed E-state index contributed by atoms with van der Waals surface area (Å²) in [7, 11) is 0. The van der Waals surface area contributed by atoms with Gasteiger partial charge in [-0.25, -0.2) is 5.06 Å². The minimum absolute atomic E-state index is 0.422. The highest BCUT2D eigenvalue weighted by Gasteiger charge is 2.52. The molecule has 5 nitrogen and oxygen atoms in total. The van der Waals surface area contributed by atoms with Gasteiger partial charge < -0.3 is 14.7 Å². The van der Waals surface area contributed by atoms with Crippen molar-refractivity contribution < 1.29 is 20.0 Å². The minimum Gasteiger partial charge on any atom is -0.373 e. The van der Waals surface area contributed by atoms with Crippen LogP contribution in [-0.2, 0) is 10.3 Å². The van der Waals surface area contributed by atoms with Crippen molar-refractivity contribution in [3.8, 4) is 0 Å². The summed E-state index contributed by atoms with van der Waals surface area (Å²) >= 11 is 0. The lowest BCUT2D eigenvalue weighted by Gasteiger charge is -2.39. The van der Waals surface area contributed by atoms with Gasteiger partial charge in [-0.1, -0.05) is 30.3 Å². The summed E-state index contributed by atoms with van der Waals surface area (Å²) in [6.07, 6.45) is 1.32. The Kier molecular flexibility index (Phi) is 3.52. The van der Waals surface area contributed by atoms with E-state index < -0.39 is 11.8 Å². The summed E-state index contributed by atoms with van der Waals surface area (Å²) in [6.45, 7) is 4.68. The number of benzene rings is 1. The van der Waals surface area contributed by atoms with Gasteiger partial charge >= 0.3 is 0 Å². The molecule has 2 aliphatic heterocycles. The first kappa shape index (κ1) is 13.6. The lowest BCUT2D eigenvalue weighted by molar-refractivity contribution is -0.955. The van der Waals surface area contributed by atoms with E-state index in [0.717, 1.165) is 23.6 Å². The van der Waals surface area contributed by atoms with Gasteiger partial charge in [-0.15, -0.1) is 0 Å². The molecule has 1 fully saturated rings. The highest BCUT2D eigenvalue weighted by atomic mass is 16.5. The molecule has 2 aliphatic rings. The maximum atomic E-state index is 11.2. The van der Waals surface area contributed by atoms with E-state index in [-0.39, 0.29) is 0 Å². The molecule has 0 aliphatic carbocycles. The summed E-state index contributed by atoms with van der Waals surface area (Å²) in [5.41, 5.74) is 0.312. The molecular formula is C15H21N2O3+. The van der Waals surface area contributed by atoms with Crippen LogP contribution in [0.15, 0.2) is 42.1 Å². The van der Waals surface area contributed by atoms with Crippen molar-refractivity contribution in [2.45, 2.75) is 18.7 Å². The van der Waals surface area contributed by atoms with Gasteiger partial charge in [0, 0.05) is 5.70 Å². The number of rotatable bonds is 2. The summed E-state index contributed by atoms with van der Waals surface area (Å²) in [5, 5.41) is 22.7. The number of ether oxygens (including phenoxy) is 1. The monoisotopic (exact) mass is 277 g/mol. The molecule has 0 saturated carbocycles.